The Bertz CT molecular complexity index is 995. The summed E-state index contributed by atoms with van der Waals surface area (Å²) in [5, 5.41) is 22.5. The molecule has 0 saturated carbocycles. The van der Waals surface area contributed by atoms with E-state index in [9.17, 15) is 10.1 Å². The Hall–Kier alpha value is -2.84. The van der Waals surface area contributed by atoms with Crippen molar-refractivity contribution in [2.24, 2.45) is 5.10 Å². The molecule has 0 radical (unpaired) electrons. The summed E-state index contributed by atoms with van der Waals surface area (Å²) in [6.45, 7) is 0. The van der Waals surface area contributed by atoms with Crippen LogP contribution in [0, 0.1) is 14.9 Å². The maximum Gasteiger partial charge on any atom is 0.270 e. The molecular formula is C15H10ClN5O2S. The monoisotopic (exact) mass is 359 g/mol. The summed E-state index contributed by atoms with van der Waals surface area (Å²) in [5.41, 5.74) is 1.31. The Labute approximate surface area is 146 Å². The van der Waals surface area contributed by atoms with Crippen molar-refractivity contribution < 1.29 is 4.92 Å². The van der Waals surface area contributed by atoms with E-state index in [2.05, 4.69) is 15.3 Å². The van der Waals surface area contributed by atoms with Crippen molar-refractivity contribution in [3.63, 3.8) is 0 Å². The molecule has 0 unspecified atom stereocenters. The van der Waals surface area contributed by atoms with Crippen LogP contribution in [0.1, 0.15) is 5.56 Å². The zero-order valence-corrected chi connectivity index (χ0v) is 13.7. The number of H-pyrrole nitrogens is 1. The van der Waals surface area contributed by atoms with E-state index < -0.39 is 4.92 Å². The molecule has 0 aliphatic heterocycles. The first kappa shape index (κ1) is 16.0. The molecule has 0 aliphatic carbocycles. The van der Waals surface area contributed by atoms with Crippen molar-refractivity contribution in [3.8, 4) is 11.4 Å². The SMILES string of the molecule is O=[N+]([O-])c1cccc(/C=N\n2c(-c3cccc(Cl)c3)n[nH]c2=S)c1. The van der Waals surface area contributed by atoms with Gasteiger partial charge in [0.25, 0.3) is 5.69 Å². The molecule has 7 nitrogen and oxygen atoms in total. The summed E-state index contributed by atoms with van der Waals surface area (Å²) in [4.78, 5) is 10.4. The fourth-order valence-corrected chi connectivity index (χ4v) is 2.43. The molecule has 0 spiro atoms. The summed E-state index contributed by atoms with van der Waals surface area (Å²) < 4.78 is 1.73. The highest BCUT2D eigenvalue weighted by molar-refractivity contribution is 7.71. The van der Waals surface area contributed by atoms with E-state index in [0.29, 0.717) is 21.2 Å². The highest BCUT2D eigenvalue weighted by Crippen LogP contribution is 2.21. The fourth-order valence-electron chi connectivity index (χ4n) is 2.06. The first-order valence-electron chi connectivity index (χ1n) is 6.77. The van der Waals surface area contributed by atoms with E-state index in [4.69, 9.17) is 23.8 Å². The molecule has 1 aromatic heterocycles. The second-order valence-corrected chi connectivity index (χ2v) is 5.59. The summed E-state index contributed by atoms with van der Waals surface area (Å²) in [6.07, 6.45) is 1.48. The van der Waals surface area contributed by atoms with E-state index in [1.165, 1.54) is 23.0 Å². The van der Waals surface area contributed by atoms with Crippen LogP contribution >= 0.6 is 23.8 Å². The average Bonchev–Trinajstić information content (AvgIpc) is 2.94. The summed E-state index contributed by atoms with van der Waals surface area (Å²) >= 11 is 11.2. The second kappa shape index (κ2) is 6.73. The largest absolute Gasteiger partial charge is 0.270 e. The molecule has 1 N–H and O–H groups in total. The number of nitro benzene ring substituents is 1. The first-order valence-corrected chi connectivity index (χ1v) is 7.55. The normalized spacial score (nSPS) is 11.0. The highest BCUT2D eigenvalue weighted by atomic mass is 35.5. The summed E-state index contributed by atoms with van der Waals surface area (Å²) in [5.74, 6) is 0.490. The lowest BCUT2D eigenvalue weighted by Crippen LogP contribution is -1.95. The van der Waals surface area contributed by atoms with Gasteiger partial charge in [-0.05, 0) is 24.4 Å². The van der Waals surface area contributed by atoms with E-state index >= 15 is 0 Å². The van der Waals surface area contributed by atoms with Gasteiger partial charge in [-0.2, -0.15) is 14.9 Å². The molecule has 0 atom stereocenters. The van der Waals surface area contributed by atoms with Crippen LogP contribution in [0.4, 0.5) is 5.69 Å². The van der Waals surface area contributed by atoms with Crippen LogP contribution in [-0.2, 0) is 0 Å². The minimum Gasteiger partial charge on any atom is -0.258 e. The van der Waals surface area contributed by atoms with Gasteiger partial charge in [0, 0.05) is 28.3 Å². The minimum absolute atomic E-state index is 0.00944. The number of non-ortho nitro benzene ring substituents is 1. The predicted molar refractivity (Wildman–Crippen MR) is 93.9 cm³/mol. The van der Waals surface area contributed by atoms with Gasteiger partial charge in [0.2, 0.25) is 4.77 Å². The van der Waals surface area contributed by atoms with Crippen LogP contribution in [0.15, 0.2) is 53.6 Å². The number of benzene rings is 2. The van der Waals surface area contributed by atoms with E-state index in [0.717, 1.165) is 5.56 Å². The molecule has 24 heavy (non-hydrogen) atoms. The van der Waals surface area contributed by atoms with Gasteiger partial charge in [0.1, 0.15) is 0 Å². The molecule has 3 rings (SSSR count). The van der Waals surface area contributed by atoms with Crippen molar-refractivity contribution in [1.29, 1.82) is 0 Å². The van der Waals surface area contributed by atoms with E-state index in [1.807, 2.05) is 6.07 Å². The third kappa shape index (κ3) is 3.39. The van der Waals surface area contributed by atoms with Crippen LogP contribution in [0.3, 0.4) is 0 Å². The molecule has 0 fully saturated rings. The van der Waals surface area contributed by atoms with E-state index in [-0.39, 0.29) is 5.69 Å². The maximum absolute atomic E-state index is 10.8. The molecule has 9 heteroatoms. The van der Waals surface area contributed by atoms with Crippen LogP contribution in [0.25, 0.3) is 11.4 Å². The Kier molecular flexibility index (Phi) is 4.50. The summed E-state index contributed by atoms with van der Waals surface area (Å²) in [6, 6.07) is 13.3. The molecule has 0 saturated heterocycles. The zero-order valence-electron chi connectivity index (χ0n) is 12.1. The number of nitro groups is 1. The van der Waals surface area contributed by atoms with Crippen molar-refractivity contribution in [3.05, 3.63) is 74.0 Å². The Balaban J connectivity index is 1.99. The van der Waals surface area contributed by atoms with Gasteiger partial charge in [0.15, 0.2) is 5.82 Å². The number of aromatic amines is 1. The van der Waals surface area contributed by atoms with Crippen molar-refractivity contribution in [2.45, 2.75) is 0 Å². The van der Waals surface area contributed by atoms with Crippen molar-refractivity contribution in [2.75, 3.05) is 0 Å². The average molecular weight is 360 g/mol. The first-order chi connectivity index (χ1) is 11.5. The smallest absolute Gasteiger partial charge is 0.258 e. The lowest BCUT2D eigenvalue weighted by atomic mass is 10.2. The fraction of sp³-hybridized carbons (Fsp3) is 0. The number of nitrogens with zero attached hydrogens (tertiary/aromatic N) is 4. The number of aromatic nitrogens is 3. The van der Waals surface area contributed by atoms with Gasteiger partial charge in [-0.3, -0.25) is 10.1 Å². The topological polar surface area (TPSA) is 89.1 Å². The molecule has 2 aromatic carbocycles. The molecular weight excluding hydrogens is 350 g/mol. The molecule has 0 bridgehead atoms. The summed E-state index contributed by atoms with van der Waals surface area (Å²) in [7, 11) is 0. The van der Waals surface area contributed by atoms with Gasteiger partial charge in [-0.15, -0.1) is 0 Å². The number of hydrogen-bond donors (Lipinski definition) is 1. The minimum atomic E-state index is -0.460. The van der Waals surface area contributed by atoms with Crippen molar-refractivity contribution >= 4 is 35.7 Å². The highest BCUT2D eigenvalue weighted by Gasteiger charge is 2.09. The molecule has 0 amide bonds. The van der Waals surface area contributed by atoms with E-state index in [1.54, 1.807) is 30.3 Å². The third-order valence-corrected chi connectivity index (χ3v) is 3.64. The molecule has 0 aliphatic rings. The van der Waals surface area contributed by atoms with Gasteiger partial charge in [-0.1, -0.05) is 35.9 Å². The second-order valence-electron chi connectivity index (χ2n) is 4.77. The number of nitrogens with one attached hydrogen (secondary N) is 1. The van der Waals surface area contributed by atoms with Gasteiger partial charge in [-0.25, -0.2) is 5.10 Å². The molecule has 3 aromatic rings. The quantitative estimate of drug-likeness (QED) is 0.329. The Morgan fingerprint density at radius 1 is 1.29 bits per heavy atom. The Morgan fingerprint density at radius 2 is 2.08 bits per heavy atom. The lowest BCUT2D eigenvalue weighted by molar-refractivity contribution is -0.384. The number of hydrogen-bond acceptors (Lipinski definition) is 5. The van der Waals surface area contributed by atoms with Gasteiger partial charge in [0.05, 0.1) is 11.1 Å². The predicted octanol–water partition coefficient (Wildman–Crippen LogP) is 4.05. The zero-order chi connectivity index (χ0) is 17.1. The number of halogens is 1. The lowest BCUT2D eigenvalue weighted by Gasteiger charge is -2.01. The van der Waals surface area contributed by atoms with Crippen LogP contribution in [0.5, 0.6) is 0 Å². The molecule has 1 heterocycles. The molecule has 120 valence electrons. The maximum atomic E-state index is 10.8. The number of rotatable bonds is 4. The third-order valence-electron chi connectivity index (χ3n) is 3.14. The standard InChI is InChI=1S/C15H10ClN5O2S/c16-12-5-2-4-11(8-12)14-18-19-15(24)20(14)17-9-10-3-1-6-13(7-10)21(22)23/h1-9H,(H,19,24)/b17-9-. The van der Waals surface area contributed by atoms with Crippen LogP contribution in [0.2, 0.25) is 5.02 Å². The van der Waals surface area contributed by atoms with Crippen LogP contribution in [-0.4, -0.2) is 26.0 Å². The van der Waals surface area contributed by atoms with Crippen molar-refractivity contribution in [1.82, 2.24) is 14.9 Å². The Morgan fingerprint density at radius 3 is 2.83 bits per heavy atom. The van der Waals surface area contributed by atoms with Gasteiger partial charge >= 0.3 is 0 Å². The van der Waals surface area contributed by atoms with Crippen LogP contribution < -0.4 is 0 Å². The van der Waals surface area contributed by atoms with Gasteiger partial charge < -0.3 is 0 Å².